The molecule has 1 heterocycles. The third kappa shape index (κ3) is 5.17. The first kappa shape index (κ1) is 14.6. The van der Waals surface area contributed by atoms with Crippen LogP contribution in [-0.2, 0) is 4.74 Å². The van der Waals surface area contributed by atoms with E-state index >= 15 is 0 Å². The fraction of sp³-hybridized carbons (Fsp3) is 0.917. The highest BCUT2D eigenvalue weighted by Crippen LogP contribution is 2.17. The predicted octanol–water partition coefficient (Wildman–Crippen LogP) is 1.95. The summed E-state index contributed by atoms with van der Waals surface area (Å²) in [6, 6.07) is 0.768. The number of hydrogen-bond donors (Lipinski definition) is 1. The minimum Gasteiger partial charge on any atom is -0.444 e. The minimum absolute atomic E-state index is 0.149. The second-order valence-corrected chi connectivity index (χ2v) is 6.66. The lowest BCUT2D eigenvalue weighted by molar-refractivity contribution is 0.0234. The monoisotopic (exact) mass is 260 g/mol. The number of carbonyl (C=O) groups excluding carboxylic acids is 1. The average molecular weight is 260 g/mol. The number of thioether (sulfide) groups is 1. The van der Waals surface area contributed by atoms with Gasteiger partial charge in [-0.15, -0.1) is 0 Å². The minimum atomic E-state index is -0.427. The van der Waals surface area contributed by atoms with Gasteiger partial charge >= 0.3 is 6.09 Å². The second-order valence-electron chi connectivity index (χ2n) is 5.58. The molecule has 0 radical (unpaired) electrons. The molecule has 0 aromatic carbocycles. The van der Waals surface area contributed by atoms with E-state index < -0.39 is 5.60 Å². The molecule has 0 saturated carbocycles. The molecular formula is C12H24N2O2S. The van der Waals surface area contributed by atoms with Crippen molar-refractivity contribution in [3.63, 3.8) is 0 Å². The number of carbonyl (C=O) groups is 1. The molecule has 4 nitrogen and oxygen atoms in total. The van der Waals surface area contributed by atoms with Gasteiger partial charge in [0.1, 0.15) is 5.60 Å². The van der Waals surface area contributed by atoms with Crippen LogP contribution in [0.25, 0.3) is 0 Å². The molecule has 1 aliphatic heterocycles. The Labute approximate surface area is 108 Å². The normalized spacial score (nSPS) is 18.4. The Hall–Kier alpha value is -0.420. The largest absolute Gasteiger partial charge is 0.444 e. The molecule has 1 fully saturated rings. The van der Waals surface area contributed by atoms with Gasteiger partial charge in [0.05, 0.1) is 0 Å². The third-order valence-corrected chi connectivity index (χ3v) is 3.96. The van der Waals surface area contributed by atoms with Gasteiger partial charge in [0, 0.05) is 37.2 Å². The van der Waals surface area contributed by atoms with E-state index in [1.807, 2.05) is 39.5 Å². The van der Waals surface area contributed by atoms with Gasteiger partial charge in [-0.25, -0.2) is 4.79 Å². The van der Waals surface area contributed by atoms with E-state index in [0.29, 0.717) is 6.04 Å². The van der Waals surface area contributed by atoms with E-state index in [1.54, 1.807) is 11.9 Å². The molecule has 1 amide bonds. The zero-order valence-corrected chi connectivity index (χ0v) is 12.3. The summed E-state index contributed by atoms with van der Waals surface area (Å²) >= 11 is 1.95. The van der Waals surface area contributed by atoms with Crippen molar-refractivity contribution in [1.82, 2.24) is 10.2 Å². The fourth-order valence-corrected chi connectivity index (χ4v) is 2.05. The van der Waals surface area contributed by atoms with Crippen LogP contribution in [0.1, 0.15) is 27.7 Å². The van der Waals surface area contributed by atoms with Crippen molar-refractivity contribution < 1.29 is 9.53 Å². The highest BCUT2D eigenvalue weighted by atomic mass is 32.2. The van der Waals surface area contributed by atoms with Crippen LogP contribution in [0, 0.1) is 0 Å². The summed E-state index contributed by atoms with van der Waals surface area (Å²) in [4.78, 5) is 13.5. The summed E-state index contributed by atoms with van der Waals surface area (Å²) in [5, 5.41) is 3.45. The van der Waals surface area contributed by atoms with Crippen molar-refractivity contribution in [1.29, 1.82) is 0 Å². The van der Waals surface area contributed by atoms with Crippen LogP contribution in [0.5, 0.6) is 0 Å². The number of rotatable bonds is 4. The van der Waals surface area contributed by atoms with Crippen LogP contribution in [0.2, 0.25) is 0 Å². The molecule has 1 rings (SSSR count). The van der Waals surface area contributed by atoms with E-state index in [0.717, 1.165) is 6.54 Å². The van der Waals surface area contributed by atoms with Crippen LogP contribution in [-0.4, -0.2) is 53.8 Å². The Morgan fingerprint density at radius 3 is 2.53 bits per heavy atom. The molecule has 0 aromatic rings. The quantitative estimate of drug-likeness (QED) is 0.839. The van der Waals surface area contributed by atoms with Gasteiger partial charge in [0.25, 0.3) is 0 Å². The van der Waals surface area contributed by atoms with Crippen LogP contribution in [0.4, 0.5) is 4.79 Å². The van der Waals surface area contributed by atoms with Crippen LogP contribution < -0.4 is 5.32 Å². The lowest BCUT2D eigenvalue weighted by atomic mass is 10.2. The first-order valence-electron chi connectivity index (χ1n) is 6.06. The van der Waals surface area contributed by atoms with Crippen molar-refractivity contribution in [2.24, 2.45) is 0 Å². The summed E-state index contributed by atoms with van der Waals surface area (Å²) in [5.41, 5.74) is -0.427. The standard InChI is InChI=1S/C12H24N2O2S/c1-9(6-13-10-7-17-8-10)14(5)11(15)16-12(2,3)4/h9-10,13H,6-8H2,1-5H3. The van der Waals surface area contributed by atoms with Crippen molar-refractivity contribution in [2.45, 2.75) is 45.4 Å². The SMILES string of the molecule is CC(CNC1CSC1)N(C)C(=O)OC(C)(C)C. The second kappa shape index (κ2) is 5.96. The van der Waals surface area contributed by atoms with Gasteiger partial charge in [-0.3, -0.25) is 0 Å². The first-order valence-corrected chi connectivity index (χ1v) is 7.22. The van der Waals surface area contributed by atoms with Crippen molar-refractivity contribution in [3.8, 4) is 0 Å². The summed E-state index contributed by atoms with van der Waals surface area (Å²) in [6.45, 7) is 8.50. The van der Waals surface area contributed by atoms with Gasteiger partial charge < -0.3 is 15.0 Å². The predicted molar refractivity (Wildman–Crippen MR) is 72.6 cm³/mol. The molecular weight excluding hydrogens is 236 g/mol. The number of likely N-dealkylation sites (N-methyl/N-ethyl adjacent to an activating group) is 1. The molecule has 0 bridgehead atoms. The zero-order chi connectivity index (χ0) is 13.1. The lowest BCUT2D eigenvalue weighted by Gasteiger charge is -2.32. The van der Waals surface area contributed by atoms with Gasteiger partial charge in [-0.05, 0) is 27.7 Å². The summed E-state index contributed by atoms with van der Waals surface area (Å²) in [5.74, 6) is 2.37. The van der Waals surface area contributed by atoms with Crippen LogP contribution in [0.3, 0.4) is 0 Å². The smallest absolute Gasteiger partial charge is 0.410 e. The summed E-state index contributed by atoms with van der Waals surface area (Å²) < 4.78 is 5.32. The molecule has 1 unspecified atom stereocenters. The Kier molecular flexibility index (Phi) is 5.13. The highest BCUT2D eigenvalue weighted by molar-refractivity contribution is 8.00. The van der Waals surface area contributed by atoms with Crippen molar-refractivity contribution >= 4 is 17.9 Å². The number of hydrogen-bond acceptors (Lipinski definition) is 4. The third-order valence-electron chi connectivity index (χ3n) is 2.68. The fourth-order valence-electron chi connectivity index (χ4n) is 1.34. The molecule has 17 heavy (non-hydrogen) atoms. The maximum Gasteiger partial charge on any atom is 0.410 e. The van der Waals surface area contributed by atoms with E-state index in [1.165, 1.54) is 11.5 Å². The van der Waals surface area contributed by atoms with Crippen LogP contribution in [0.15, 0.2) is 0 Å². The number of nitrogens with zero attached hydrogens (tertiary/aromatic N) is 1. The number of ether oxygens (including phenoxy) is 1. The summed E-state index contributed by atoms with van der Waals surface area (Å²) in [7, 11) is 1.79. The van der Waals surface area contributed by atoms with Gasteiger partial charge in [0.2, 0.25) is 0 Å². The first-order chi connectivity index (χ1) is 7.79. The molecule has 0 spiro atoms. The Bertz CT molecular complexity index is 262. The van der Waals surface area contributed by atoms with Gasteiger partial charge in [0.15, 0.2) is 0 Å². The number of nitrogens with one attached hydrogen (secondary N) is 1. The molecule has 0 aromatic heterocycles. The highest BCUT2D eigenvalue weighted by Gasteiger charge is 2.24. The van der Waals surface area contributed by atoms with Crippen LogP contribution >= 0.6 is 11.8 Å². The van der Waals surface area contributed by atoms with Gasteiger partial charge in [-0.2, -0.15) is 11.8 Å². The molecule has 1 saturated heterocycles. The van der Waals surface area contributed by atoms with E-state index in [-0.39, 0.29) is 12.1 Å². The molecule has 0 aliphatic carbocycles. The maximum atomic E-state index is 11.8. The molecule has 5 heteroatoms. The topological polar surface area (TPSA) is 41.6 Å². The van der Waals surface area contributed by atoms with E-state index in [2.05, 4.69) is 5.32 Å². The van der Waals surface area contributed by atoms with E-state index in [4.69, 9.17) is 4.74 Å². The number of amides is 1. The Balaban J connectivity index is 2.28. The molecule has 1 N–H and O–H groups in total. The van der Waals surface area contributed by atoms with Gasteiger partial charge in [-0.1, -0.05) is 0 Å². The molecule has 1 atom stereocenters. The molecule has 1 aliphatic rings. The lowest BCUT2D eigenvalue weighted by Crippen LogP contribution is -2.49. The maximum absolute atomic E-state index is 11.8. The van der Waals surface area contributed by atoms with Crippen molar-refractivity contribution in [3.05, 3.63) is 0 Å². The Morgan fingerprint density at radius 2 is 2.12 bits per heavy atom. The van der Waals surface area contributed by atoms with E-state index in [9.17, 15) is 4.79 Å². The van der Waals surface area contributed by atoms with Crippen molar-refractivity contribution in [2.75, 3.05) is 25.1 Å². The average Bonchev–Trinajstić information content (AvgIpc) is 2.11. The molecule has 100 valence electrons. The Morgan fingerprint density at radius 1 is 1.53 bits per heavy atom. The summed E-state index contributed by atoms with van der Waals surface area (Å²) in [6.07, 6.45) is -0.255. The zero-order valence-electron chi connectivity index (χ0n) is 11.4.